The van der Waals surface area contributed by atoms with Gasteiger partial charge in [0.25, 0.3) is 0 Å². The Bertz CT molecular complexity index is 438. The smallest absolute Gasteiger partial charge is 0.423 e. The quantitative estimate of drug-likeness (QED) is 0.842. The number of amides is 1. The maximum atomic E-state index is 11.7. The SMILES string of the molecule is CC.CC.CCC(C)C(=O)Nc1ccc2c(c1)B(O)OC2. The van der Waals surface area contributed by atoms with Crippen molar-refractivity contribution >= 4 is 24.2 Å². The van der Waals surface area contributed by atoms with Crippen LogP contribution in [-0.4, -0.2) is 18.0 Å². The molecule has 1 atom stereocenters. The first-order chi connectivity index (χ1) is 10.1. The molecule has 118 valence electrons. The second kappa shape index (κ2) is 10.4. The fourth-order valence-corrected chi connectivity index (χ4v) is 1.74. The lowest BCUT2D eigenvalue weighted by Gasteiger charge is -2.10. The van der Waals surface area contributed by atoms with Gasteiger partial charge in [-0.1, -0.05) is 47.6 Å². The number of carbonyl (C=O) groups is 1. The summed E-state index contributed by atoms with van der Waals surface area (Å²) in [5, 5.41) is 12.4. The summed E-state index contributed by atoms with van der Waals surface area (Å²) in [4.78, 5) is 11.7. The molecule has 0 fully saturated rings. The molecule has 0 aromatic heterocycles. The zero-order chi connectivity index (χ0) is 16.4. The lowest BCUT2D eigenvalue weighted by atomic mass is 9.79. The number of rotatable bonds is 3. The zero-order valence-corrected chi connectivity index (χ0v) is 14.1. The van der Waals surface area contributed by atoms with Gasteiger partial charge in [-0.05, 0) is 29.6 Å². The van der Waals surface area contributed by atoms with Gasteiger partial charge in [0.05, 0.1) is 6.61 Å². The molecular formula is C16H28BNO3. The second-order valence-corrected chi connectivity index (χ2v) is 4.38. The molecule has 1 unspecified atom stereocenters. The summed E-state index contributed by atoms with van der Waals surface area (Å²) in [6, 6.07) is 5.48. The molecule has 4 nitrogen and oxygen atoms in total. The van der Waals surface area contributed by atoms with Gasteiger partial charge in [0.15, 0.2) is 0 Å². The molecule has 5 heteroatoms. The van der Waals surface area contributed by atoms with Gasteiger partial charge < -0.3 is 15.0 Å². The minimum Gasteiger partial charge on any atom is -0.423 e. The Morgan fingerprint density at radius 3 is 2.57 bits per heavy atom. The average Bonchev–Trinajstić information content (AvgIpc) is 2.91. The van der Waals surface area contributed by atoms with Crippen LogP contribution in [0.4, 0.5) is 5.69 Å². The molecule has 21 heavy (non-hydrogen) atoms. The molecule has 1 amide bonds. The Morgan fingerprint density at radius 1 is 1.38 bits per heavy atom. The molecular weight excluding hydrogens is 265 g/mol. The first-order valence-electron chi connectivity index (χ1n) is 7.85. The summed E-state index contributed by atoms with van der Waals surface area (Å²) in [6.45, 7) is 12.3. The van der Waals surface area contributed by atoms with Gasteiger partial charge in [-0.15, -0.1) is 0 Å². The number of hydrogen-bond donors (Lipinski definition) is 2. The van der Waals surface area contributed by atoms with Crippen LogP contribution in [0, 0.1) is 5.92 Å². The van der Waals surface area contributed by atoms with Gasteiger partial charge in [-0.25, -0.2) is 0 Å². The van der Waals surface area contributed by atoms with Gasteiger partial charge in [-0.3, -0.25) is 4.79 Å². The number of hydrogen-bond acceptors (Lipinski definition) is 3. The van der Waals surface area contributed by atoms with Crippen LogP contribution in [0.1, 0.15) is 53.5 Å². The van der Waals surface area contributed by atoms with Gasteiger partial charge in [0, 0.05) is 11.6 Å². The monoisotopic (exact) mass is 293 g/mol. The van der Waals surface area contributed by atoms with Crippen LogP contribution in [0.3, 0.4) is 0 Å². The van der Waals surface area contributed by atoms with Crippen molar-refractivity contribution in [3.8, 4) is 0 Å². The van der Waals surface area contributed by atoms with E-state index in [0.717, 1.165) is 17.4 Å². The maximum Gasteiger partial charge on any atom is 0.491 e. The topological polar surface area (TPSA) is 58.6 Å². The van der Waals surface area contributed by atoms with Crippen LogP contribution in [-0.2, 0) is 16.1 Å². The third kappa shape index (κ3) is 5.52. The molecule has 0 bridgehead atoms. The minimum absolute atomic E-state index is 0.000792. The van der Waals surface area contributed by atoms with Crippen LogP contribution in [0.25, 0.3) is 0 Å². The average molecular weight is 293 g/mol. The number of carbonyl (C=O) groups excluding carboxylic acids is 1. The van der Waals surface area contributed by atoms with E-state index in [2.05, 4.69) is 5.32 Å². The van der Waals surface area contributed by atoms with E-state index in [-0.39, 0.29) is 11.8 Å². The molecule has 1 aromatic rings. The first-order valence-corrected chi connectivity index (χ1v) is 7.85. The Kier molecular flexibility index (Phi) is 9.75. The van der Waals surface area contributed by atoms with Crippen LogP contribution in [0.2, 0.25) is 0 Å². The highest BCUT2D eigenvalue weighted by atomic mass is 16.5. The summed E-state index contributed by atoms with van der Waals surface area (Å²) in [5.41, 5.74) is 2.42. The van der Waals surface area contributed by atoms with Crippen molar-refractivity contribution in [2.24, 2.45) is 5.92 Å². The third-order valence-corrected chi connectivity index (χ3v) is 3.14. The van der Waals surface area contributed by atoms with Crippen LogP contribution < -0.4 is 10.8 Å². The number of nitrogens with one attached hydrogen (secondary N) is 1. The Morgan fingerprint density at radius 2 is 2.00 bits per heavy atom. The molecule has 0 aliphatic carbocycles. The Hall–Kier alpha value is -1.33. The standard InChI is InChI=1S/C12H16BNO3.2C2H6/c1-3-8(2)12(15)14-10-5-4-9-7-17-13(16)11(9)6-10;2*1-2/h4-6,8,16H,3,7H2,1-2H3,(H,14,15);2*1-2H3. The minimum atomic E-state index is -0.870. The van der Waals surface area contributed by atoms with Gasteiger partial charge in [-0.2, -0.15) is 0 Å². The van der Waals surface area contributed by atoms with Gasteiger partial charge >= 0.3 is 7.12 Å². The molecule has 1 aromatic carbocycles. The lowest BCUT2D eigenvalue weighted by Crippen LogP contribution is -2.29. The van der Waals surface area contributed by atoms with Crippen molar-refractivity contribution < 1.29 is 14.5 Å². The summed E-state index contributed by atoms with van der Waals surface area (Å²) in [7, 11) is -0.870. The highest BCUT2D eigenvalue weighted by Crippen LogP contribution is 2.15. The summed E-state index contributed by atoms with van der Waals surface area (Å²) in [5.74, 6) is -0.00900. The first kappa shape index (κ1) is 19.7. The fraction of sp³-hybridized carbons (Fsp3) is 0.562. The van der Waals surface area contributed by atoms with Gasteiger partial charge in [0.2, 0.25) is 5.91 Å². The van der Waals surface area contributed by atoms with E-state index in [1.807, 2.05) is 53.7 Å². The third-order valence-electron chi connectivity index (χ3n) is 3.14. The largest absolute Gasteiger partial charge is 0.491 e. The molecule has 2 rings (SSSR count). The summed E-state index contributed by atoms with van der Waals surface area (Å²) < 4.78 is 5.09. The molecule has 1 heterocycles. The molecule has 0 spiro atoms. The Balaban J connectivity index is 0.000000921. The fourth-order valence-electron chi connectivity index (χ4n) is 1.74. The van der Waals surface area contributed by atoms with Crippen molar-refractivity contribution in [1.82, 2.24) is 0 Å². The zero-order valence-electron chi connectivity index (χ0n) is 14.1. The number of benzene rings is 1. The molecule has 0 saturated carbocycles. The van der Waals surface area contributed by atoms with E-state index in [4.69, 9.17) is 4.65 Å². The van der Waals surface area contributed by atoms with Gasteiger partial charge in [0.1, 0.15) is 0 Å². The highest BCUT2D eigenvalue weighted by Gasteiger charge is 2.27. The molecule has 1 aliphatic heterocycles. The lowest BCUT2D eigenvalue weighted by molar-refractivity contribution is -0.119. The number of fused-ring (bicyclic) bond motifs is 1. The number of anilines is 1. The van der Waals surface area contributed by atoms with Crippen LogP contribution in [0.15, 0.2) is 18.2 Å². The van der Waals surface area contributed by atoms with Crippen molar-refractivity contribution in [3.05, 3.63) is 23.8 Å². The van der Waals surface area contributed by atoms with E-state index in [1.165, 1.54) is 0 Å². The van der Waals surface area contributed by atoms with E-state index < -0.39 is 7.12 Å². The van der Waals surface area contributed by atoms with E-state index in [0.29, 0.717) is 12.3 Å². The predicted molar refractivity (Wildman–Crippen MR) is 89.6 cm³/mol. The van der Waals surface area contributed by atoms with Crippen molar-refractivity contribution in [2.45, 2.75) is 54.6 Å². The summed E-state index contributed by atoms with van der Waals surface area (Å²) >= 11 is 0. The van der Waals surface area contributed by atoms with E-state index in [1.54, 1.807) is 6.07 Å². The highest BCUT2D eigenvalue weighted by molar-refractivity contribution is 6.61. The Labute approximate surface area is 129 Å². The maximum absolute atomic E-state index is 11.7. The van der Waals surface area contributed by atoms with Crippen LogP contribution >= 0.6 is 0 Å². The van der Waals surface area contributed by atoms with Crippen LogP contribution in [0.5, 0.6) is 0 Å². The van der Waals surface area contributed by atoms with Crippen molar-refractivity contribution in [3.63, 3.8) is 0 Å². The molecule has 1 aliphatic rings. The molecule has 2 N–H and O–H groups in total. The second-order valence-electron chi connectivity index (χ2n) is 4.38. The molecule has 0 saturated heterocycles. The van der Waals surface area contributed by atoms with E-state index >= 15 is 0 Å². The summed E-state index contributed by atoms with van der Waals surface area (Å²) in [6.07, 6.45) is 0.808. The van der Waals surface area contributed by atoms with Crippen molar-refractivity contribution in [2.75, 3.05) is 5.32 Å². The van der Waals surface area contributed by atoms with Crippen molar-refractivity contribution in [1.29, 1.82) is 0 Å². The van der Waals surface area contributed by atoms with E-state index in [9.17, 15) is 9.82 Å². The predicted octanol–water partition coefficient (Wildman–Crippen LogP) is 2.94. The normalized spacial score (nSPS) is 13.2. The molecule has 0 radical (unpaired) electrons.